The van der Waals surface area contributed by atoms with Gasteiger partial charge in [0.15, 0.2) is 0 Å². The molecule has 1 N–H and O–H groups in total. The summed E-state index contributed by atoms with van der Waals surface area (Å²) in [6, 6.07) is 6.88. The van der Waals surface area contributed by atoms with Crippen molar-refractivity contribution in [1.82, 2.24) is 0 Å². The molecule has 0 saturated heterocycles. The van der Waals surface area contributed by atoms with E-state index in [1.54, 1.807) is 24.3 Å². The first-order chi connectivity index (χ1) is 13.8. The largest absolute Gasteiger partial charge is 0.326 e. The van der Waals surface area contributed by atoms with Crippen LogP contribution >= 0.6 is 0 Å². The molecule has 0 spiro atoms. The van der Waals surface area contributed by atoms with E-state index in [-0.39, 0.29) is 5.91 Å². The Kier molecular flexibility index (Phi) is 15.2. The van der Waals surface area contributed by atoms with Crippen molar-refractivity contribution >= 4 is 17.9 Å². The van der Waals surface area contributed by atoms with Crippen LogP contribution in [0.1, 0.15) is 115 Å². The highest BCUT2D eigenvalue weighted by atomic mass is 16.1. The van der Waals surface area contributed by atoms with Gasteiger partial charge in [-0.3, -0.25) is 9.59 Å². The number of hydrogen-bond acceptors (Lipinski definition) is 2. The van der Waals surface area contributed by atoms with Crippen molar-refractivity contribution in [1.29, 1.82) is 0 Å². The van der Waals surface area contributed by atoms with Gasteiger partial charge in [0.25, 0.3) is 0 Å². The lowest BCUT2D eigenvalue weighted by Gasteiger charge is -2.06. The molecular formula is C25H40NO2. The van der Waals surface area contributed by atoms with Crippen LogP contribution < -0.4 is 5.32 Å². The molecule has 1 rings (SSSR count). The van der Waals surface area contributed by atoms with Crippen molar-refractivity contribution < 1.29 is 9.59 Å². The zero-order valence-electron chi connectivity index (χ0n) is 17.9. The lowest BCUT2D eigenvalue weighted by Crippen LogP contribution is -2.11. The van der Waals surface area contributed by atoms with Crippen LogP contribution in [0.5, 0.6) is 0 Å². The van der Waals surface area contributed by atoms with E-state index in [1.807, 2.05) is 6.29 Å². The van der Waals surface area contributed by atoms with Gasteiger partial charge in [0.05, 0.1) is 0 Å². The number of rotatable bonds is 18. The van der Waals surface area contributed by atoms with E-state index in [9.17, 15) is 9.59 Å². The molecule has 1 aromatic rings. The molecule has 0 unspecified atom stereocenters. The Morgan fingerprint density at radius 2 is 1.29 bits per heavy atom. The Hall–Kier alpha value is -1.64. The lowest BCUT2D eigenvalue weighted by atomic mass is 10.0. The van der Waals surface area contributed by atoms with Crippen molar-refractivity contribution in [3.05, 3.63) is 29.8 Å². The second-order valence-corrected chi connectivity index (χ2v) is 7.93. The minimum absolute atomic E-state index is 0.0257. The Morgan fingerprint density at radius 3 is 1.79 bits per heavy atom. The number of hydrogen-bond donors (Lipinski definition) is 1. The smallest absolute Gasteiger partial charge is 0.233 e. The highest BCUT2D eigenvalue weighted by molar-refractivity contribution is 5.91. The maximum Gasteiger partial charge on any atom is 0.233 e. The van der Waals surface area contributed by atoms with Gasteiger partial charge >= 0.3 is 0 Å². The average Bonchev–Trinajstić information content (AvgIpc) is 2.71. The van der Waals surface area contributed by atoms with Gasteiger partial charge in [0.2, 0.25) is 12.2 Å². The number of carbonyl (C=O) groups excluding carboxylic acids is 2. The van der Waals surface area contributed by atoms with Gasteiger partial charge in [-0.05, 0) is 18.6 Å². The van der Waals surface area contributed by atoms with E-state index in [4.69, 9.17) is 0 Å². The van der Waals surface area contributed by atoms with Gasteiger partial charge in [-0.2, -0.15) is 0 Å². The summed E-state index contributed by atoms with van der Waals surface area (Å²) in [4.78, 5) is 22.6. The molecule has 3 heteroatoms. The minimum atomic E-state index is 0.0257. The number of anilines is 1. The fourth-order valence-electron chi connectivity index (χ4n) is 3.54. The van der Waals surface area contributed by atoms with Gasteiger partial charge in [0, 0.05) is 17.7 Å². The molecule has 1 amide bonds. The average molecular weight is 387 g/mol. The molecule has 0 heterocycles. The first kappa shape index (κ1) is 24.4. The molecule has 1 aromatic carbocycles. The van der Waals surface area contributed by atoms with E-state index >= 15 is 0 Å². The molecule has 0 fully saturated rings. The molecule has 157 valence electrons. The zero-order valence-corrected chi connectivity index (χ0v) is 17.9. The second kappa shape index (κ2) is 17.5. The van der Waals surface area contributed by atoms with E-state index < -0.39 is 0 Å². The summed E-state index contributed by atoms with van der Waals surface area (Å²) in [5.74, 6) is 0.0257. The van der Waals surface area contributed by atoms with Crippen LogP contribution in [0.25, 0.3) is 0 Å². The summed E-state index contributed by atoms with van der Waals surface area (Å²) in [6.07, 6.45) is 22.3. The molecule has 0 aliphatic rings. The first-order valence-electron chi connectivity index (χ1n) is 11.5. The van der Waals surface area contributed by atoms with Gasteiger partial charge < -0.3 is 5.32 Å². The lowest BCUT2D eigenvalue weighted by molar-refractivity contribution is -0.116. The maximum absolute atomic E-state index is 11.9. The summed E-state index contributed by atoms with van der Waals surface area (Å²) in [7, 11) is 0. The van der Waals surface area contributed by atoms with Crippen molar-refractivity contribution in [2.24, 2.45) is 0 Å². The van der Waals surface area contributed by atoms with Crippen molar-refractivity contribution in [2.45, 2.75) is 110 Å². The summed E-state index contributed by atoms with van der Waals surface area (Å²) in [5, 5.41) is 2.85. The summed E-state index contributed by atoms with van der Waals surface area (Å²) >= 11 is 0. The summed E-state index contributed by atoms with van der Waals surface area (Å²) in [5.41, 5.74) is 1.14. The summed E-state index contributed by atoms with van der Waals surface area (Å²) < 4.78 is 0. The van der Waals surface area contributed by atoms with E-state index in [0.29, 0.717) is 17.7 Å². The number of unbranched alkanes of at least 4 members (excludes halogenated alkanes) is 14. The van der Waals surface area contributed by atoms with E-state index in [0.717, 1.165) is 12.8 Å². The summed E-state index contributed by atoms with van der Waals surface area (Å²) in [6.45, 7) is 2.27. The Balaban J connectivity index is 1.86. The second-order valence-electron chi connectivity index (χ2n) is 7.93. The standard InChI is InChI=1S/C25H40NO2/c1-2-3-4-5-6-7-8-9-10-11-12-13-14-15-16-20-25(28)26-24-19-17-18-23(21-24)22-27/h17-19,21H,2-16,20H2,1H3,(H,26,28). The third-order valence-corrected chi connectivity index (χ3v) is 5.27. The molecule has 0 atom stereocenters. The number of nitrogens with one attached hydrogen (secondary N) is 1. The van der Waals surface area contributed by atoms with Gasteiger partial charge in [-0.1, -0.05) is 109 Å². The topological polar surface area (TPSA) is 46.2 Å². The fourth-order valence-corrected chi connectivity index (χ4v) is 3.54. The van der Waals surface area contributed by atoms with Crippen LogP contribution in [0.2, 0.25) is 0 Å². The van der Waals surface area contributed by atoms with Crippen LogP contribution in [0, 0.1) is 0 Å². The monoisotopic (exact) mass is 386 g/mol. The van der Waals surface area contributed by atoms with Crippen molar-refractivity contribution in [2.75, 3.05) is 5.32 Å². The molecule has 3 nitrogen and oxygen atoms in total. The minimum Gasteiger partial charge on any atom is -0.326 e. The number of carbonyl (C=O) groups is 1. The van der Waals surface area contributed by atoms with E-state index in [1.165, 1.54) is 83.5 Å². The molecule has 28 heavy (non-hydrogen) atoms. The Labute approximate surface area is 172 Å². The van der Waals surface area contributed by atoms with Gasteiger partial charge in [-0.15, -0.1) is 0 Å². The maximum atomic E-state index is 11.9. The molecule has 0 aliphatic carbocycles. The molecule has 0 aromatic heterocycles. The fraction of sp³-hybridized carbons (Fsp3) is 0.680. The SMILES string of the molecule is CCCCCCCCCCCCCCCCCC(=O)Nc1cccc([C]=O)c1. The highest BCUT2D eigenvalue weighted by Gasteiger charge is 2.03. The third kappa shape index (κ3) is 13.5. The quantitative estimate of drug-likeness (QED) is 0.268. The third-order valence-electron chi connectivity index (χ3n) is 5.27. The first-order valence-corrected chi connectivity index (χ1v) is 11.5. The van der Waals surface area contributed by atoms with Crippen LogP contribution in [-0.4, -0.2) is 12.2 Å². The van der Waals surface area contributed by atoms with Crippen LogP contribution in [0.15, 0.2) is 24.3 Å². The van der Waals surface area contributed by atoms with E-state index in [2.05, 4.69) is 12.2 Å². The zero-order chi connectivity index (χ0) is 20.3. The Bertz CT molecular complexity index is 527. The van der Waals surface area contributed by atoms with Crippen LogP contribution in [0.3, 0.4) is 0 Å². The van der Waals surface area contributed by atoms with Gasteiger partial charge in [-0.25, -0.2) is 0 Å². The molecular weight excluding hydrogens is 346 g/mol. The van der Waals surface area contributed by atoms with Crippen LogP contribution in [-0.2, 0) is 9.59 Å². The molecule has 0 bridgehead atoms. The normalized spacial score (nSPS) is 10.8. The molecule has 0 saturated carbocycles. The van der Waals surface area contributed by atoms with Crippen molar-refractivity contribution in [3.63, 3.8) is 0 Å². The van der Waals surface area contributed by atoms with Crippen LogP contribution in [0.4, 0.5) is 5.69 Å². The predicted molar refractivity (Wildman–Crippen MR) is 119 cm³/mol. The molecule has 0 aliphatic heterocycles. The Morgan fingerprint density at radius 1 is 0.786 bits per heavy atom. The highest BCUT2D eigenvalue weighted by Crippen LogP contribution is 2.14. The number of amides is 1. The number of benzene rings is 1. The molecule has 1 radical (unpaired) electrons. The van der Waals surface area contributed by atoms with Gasteiger partial charge in [0.1, 0.15) is 0 Å². The predicted octanol–water partition coefficient (Wildman–Crippen LogP) is 7.34. The van der Waals surface area contributed by atoms with Crippen molar-refractivity contribution in [3.8, 4) is 0 Å².